The third-order valence-electron chi connectivity index (χ3n) is 1.92. The molecule has 0 bridgehead atoms. The Bertz CT molecular complexity index is 247. The predicted octanol–water partition coefficient (Wildman–Crippen LogP) is 0.579. The molecule has 1 rings (SSSR count). The predicted molar refractivity (Wildman–Crippen MR) is 51.3 cm³/mol. The second-order valence-corrected chi connectivity index (χ2v) is 3.19. The average molecular weight is 183 g/mol. The summed E-state index contributed by atoms with van der Waals surface area (Å²) in [7, 11) is 0. The van der Waals surface area contributed by atoms with Gasteiger partial charge in [0.05, 0.1) is 6.10 Å². The quantitative estimate of drug-likeness (QED) is 0.625. The van der Waals surface area contributed by atoms with Crippen LogP contribution in [0, 0.1) is 6.92 Å². The van der Waals surface area contributed by atoms with Crippen molar-refractivity contribution in [2.45, 2.75) is 32.9 Å². The van der Waals surface area contributed by atoms with Gasteiger partial charge < -0.3 is 15.4 Å². The number of aromatic amines is 1. The summed E-state index contributed by atoms with van der Waals surface area (Å²) in [6, 6.07) is 0. The molecule has 74 valence electrons. The lowest BCUT2D eigenvalue weighted by Gasteiger charge is -2.07. The molecule has 3 N–H and O–H groups in total. The first kappa shape index (κ1) is 10.2. The molecule has 0 fully saturated rings. The first-order valence-electron chi connectivity index (χ1n) is 4.61. The number of aryl methyl sites for hydroxylation is 1. The van der Waals surface area contributed by atoms with Gasteiger partial charge in [0, 0.05) is 25.0 Å². The van der Waals surface area contributed by atoms with Crippen LogP contribution >= 0.6 is 0 Å². The molecule has 0 amide bonds. The molecular weight excluding hydrogens is 166 g/mol. The molecule has 1 aromatic rings. The summed E-state index contributed by atoms with van der Waals surface area (Å²) >= 11 is 0. The highest BCUT2D eigenvalue weighted by atomic mass is 16.3. The molecule has 0 aromatic carbocycles. The first-order chi connectivity index (χ1) is 6.22. The van der Waals surface area contributed by atoms with E-state index in [0.717, 1.165) is 24.5 Å². The maximum absolute atomic E-state index is 9.25. The Labute approximate surface area is 78.4 Å². The first-order valence-corrected chi connectivity index (χ1v) is 4.61. The average Bonchev–Trinajstić information content (AvgIpc) is 2.51. The topological polar surface area (TPSA) is 60.9 Å². The molecule has 0 aliphatic carbocycles. The van der Waals surface area contributed by atoms with Crippen LogP contribution in [0.5, 0.6) is 0 Å². The lowest BCUT2D eigenvalue weighted by atomic mass is 10.3. The monoisotopic (exact) mass is 183 g/mol. The summed E-state index contributed by atoms with van der Waals surface area (Å²) in [5.74, 6) is 0.924. The molecule has 1 atom stereocenters. The molecule has 0 aliphatic rings. The number of nitrogens with zero attached hydrogens (tertiary/aromatic N) is 1. The Balaban J connectivity index is 2.20. The Morgan fingerprint density at radius 1 is 1.69 bits per heavy atom. The molecule has 0 aliphatic heterocycles. The Morgan fingerprint density at radius 2 is 2.46 bits per heavy atom. The zero-order valence-electron chi connectivity index (χ0n) is 8.17. The number of aliphatic hydroxyl groups is 1. The van der Waals surface area contributed by atoms with Crippen molar-refractivity contribution < 1.29 is 5.11 Å². The van der Waals surface area contributed by atoms with Crippen LogP contribution in [0.3, 0.4) is 0 Å². The van der Waals surface area contributed by atoms with Crippen LogP contribution in [0.25, 0.3) is 0 Å². The van der Waals surface area contributed by atoms with Crippen LogP contribution < -0.4 is 5.32 Å². The molecule has 4 heteroatoms. The standard InChI is InChI=1S/C9H17N3O/c1-3-9(13)6-10-4-8-5-11-7(2)12-8/h5,9-10,13H,3-4,6H2,1-2H3,(H,11,12). The van der Waals surface area contributed by atoms with Gasteiger partial charge in [-0.3, -0.25) is 0 Å². The molecule has 0 radical (unpaired) electrons. The Hall–Kier alpha value is -0.870. The maximum Gasteiger partial charge on any atom is 0.103 e. The molecule has 0 saturated heterocycles. The normalized spacial score (nSPS) is 13.2. The minimum atomic E-state index is -0.246. The van der Waals surface area contributed by atoms with Gasteiger partial charge in [-0.25, -0.2) is 4.98 Å². The number of hydrogen-bond donors (Lipinski definition) is 3. The van der Waals surface area contributed by atoms with Gasteiger partial charge in [0.1, 0.15) is 5.82 Å². The highest BCUT2D eigenvalue weighted by Crippen LogP contribution is 1.95. The zero-order chi connectivity index (χ0) is 9.68. The van der Waals surface area contributed by atoms with Crippen LogP contribution in [0.4, 0.5) is 0 Å². The molecule has 13 heavy (non-hydrogen) atoms. The molecule has 1 heterocycles. The zero-order valence-corrected chi connectivity index (χ0v) is 8.17. The summed E-state index contributed by atoms with van der Waals surface area (Å²) in [6.07, 6.45) is 2.35. The molecule has 4 nitrogen and oxygen atoms in total. The third-order valence-corrected chi connectivity index (χ3v) is 1.92. The van der Waals surface area contributed by atoms with Crippen molar-refractivity contribution in [1.29, 1.82) is 0 Å². The van der Waals surface area contributed by atoms with Gasteiger partial charge in [-0.05, 0) is 13.3 Å². The van der Waals surface area contributed by atoms with Gasteiger partial charge in [0.2, 0.25) is 0 Å². The lowest BCUT2D eigenvalue weighted by Crippen LogP contribution is -2.25. The van der Waals surface area contributed by atoms with Crippen LogP contribution in [0.2, 0.25) is 0 Å². The van der Waals surface area contributed by atoms with Gasteiger partial charge in [0.15, 0.2) is 0 Å². The van der Waals surface area contributed by atoms with Crippen molar-refractivity contribution in [3.8, 4) is 0 Å². The second kappa shape index (κ2) is 4.99. The van der Waals surface area contributed by atoms with Gasteiger partial charge in [-0.15, -0.1) is 0 Å². The largest absolute Gasteiger partial charge is 0.392 e. The van der Waals surface area contributed by atoms with Gasteiger partial charge >= 0.3 is 0 Å². The second-order valence-electron chi connectivity index (χ2n) is 3.19. The van der Waals surface area contributed by atoms with E-state index in [0.29, 0.717) is 6.54 Å². The van der Waals surface area contributed by atoms with E-state index in [1.54, 1.807) is 6.20 Å². The van der Waals surface area contributed by atoms with Gasteiger partial charge in [-0.1, -0.05) is 6.92 Å². The number of aromatic nitrogens is 2. The number of nitrogens with one attached hydrogen (secondary N) is 2. The maximum atomic E-state index is 9.25. The number of hydrogen-bond acceptors (Lipinski definition) is 3. The van der Waals surface area contributed by atoms with E-state index < -0.39 is 0 Å². The van der Waals surface area contributed by atoms with Crippen molar-refractivity contribution in [2.75, 3.05) is 6.54 Å². The van der Waals surface area contributed by atoms with E-state index in [2.05, 4.69) is 15.3 Å². The van der Waals surface area contributed by atoms with Crippen LogP contribution in [-0.2, 0) is 6.54 Å². The molecular formula is C9H17N3O. The summed E-state index contributed by atoms with van der Waals surface area (Å²) in [6.45, 7) is 5.25. The number of rotatable bonds is 5. The van der Waals surface area contributed by atoms with E-state index in [4.69, 9.17) is 0 Å². The summed E-state index contributed by atoms with van der Waals surface area (Å²) in [4.78, 5) is 7.19. The fourth-order valence-electron chi connectivity index (χ4n) is 1.08. The minimum absolute atomic E-state index is 0.246. The van der Waals surface area contributed by atoms with E-state index in [9.17, 15) is 5.11 Å². The molecule has 1 aromatic heterocycles. The van der Waals surface area contributed by atoms with E-state index in [-0.39, 0.29) is 6.10 Å². The highest BCUT2D eigenvalue weighted by molar-refractivity contribution is 4.99. The fraction of sp³-hybridized carbons (Fsp3) is 0.667. The van der Waals surface area contributed by atoms with E-state index >= 15 is 0 Å². The molecule has 0 spiro atoms. The molecule has 1 unspecified atom stereocenters. The van der Waals surface area contributed by atoms with Crippen LogP contribution in [-0.4, -0.2) is 27.7 Å². The smallest absolute Gasteiger partial charge is 0.103 e. The molecule has 0 saturated carbocycles. The summed E-state index contributed by atoms with van der Waals surface area (Å²) in [5, 5.41) is 12.4. The third kappa shape index (κ3) is 3.57. The number of aliphatic hydroxyl groups excluding tert-OH is 1. The van der Waals surface area contributed by atoms with Crippen molar-refractivity contribution in [1.82, 2.24) is 15.3 Å². The van der Waals surface area contributed by atoms with E-state index in [1.807, 2.05) is 13.8 Å². The van der Waals surface area contributed by atoms with Crippen molar-refractivity contribution in [3.05, 3.63) is 17.7 Å². The SMILES string of the molecule is CCC(O)CNCc1cnc(C)[nH]1. The summed E-state index contributed by atoms with van der Waals surface area (Å²) < 4.78 is 0. The lowest BCUT2D eigenvalue weighted by molar-refractivity contribution is 0.167. The van der Waals surface area contributed by atoms with Crippen molar-refractivity contribution in [2.24, 2.45) is 0 Å². The van der Waals surface area contributed by atoms with Crippen molar-refractivity contribution >= 4 is 0 Å². The highest BCUT2D eigenvalue weighted by Gasteiger charge is 2.00. The van der Waals surface area contributed by atoms with Crippen LogP contribution in [0.15, 0.2) is 6.20 Å². The van der Waals surface area contributed by atoms with E-state index in [1.165, 1.54) is 0 Å². The van der Waals surface area contributed by atoms with Crippen molar-refractivity contribution in [3.63, 3.8) is 0 Å². The number of imidazole rings is 1. The minimum Gasteiger partial charge on any atom is -0.392 e. The number of H-pyrrole nitrogens is 1. The van der Waals surface area contributed by atoms with Gasteiger partial charge in [-0.2, -0.15) is 0 Å². The van der Waals surface area contributed by atoms with Crippen LogP contribution in [0.1, 0.15) is 24.9 Å². The Kier molecular flexibility index (Phi) is 3.92. The summed E-state index contributed by atoms with van der Waals surface area (Å²) in [5.41, 5.74) is 1.06. The van der Waals surface area contributed by atoms with Gasteiger partial charge in [0.25, 0.3) is 0 Å². The fourth-order valence-corrected chi connectivity index (χ4v) is 1.08. The Morgan fingerprint density at radius 3 is 3.00 bits per heavy atom.